The van der Waals surface area contributed by atoms with Crippen molar-refractivity contribution < 1.29 is 15.0 Å². The third-order valence-electron chi connectivity index (χ3n) is 4.11. The number of nitrogens with two attached hydrogens (primary N) is 1. The average Bonchev–Trinajstić information content (AvgIpc) is 2.75. The highest BCUT2D eigenvalue weighted by Gasteiger charge is 2.39. The van der Waals surface area contributed by atoms with Gasteiger partial charge in [-0.15, -0.1) is 0 Å². The van der Waals surface area contributed by atoms with E-state index in [1.54, 1.807) is 4.90 Å². The molecule has 2 aliphatic rings. The Morgan fingerprint density at radius 1 is 1.35 bits per heavy atom. The van der Waals surface area contributed by atoms with Crippen molar-refractivity contribution in [2.75, 3.05) is 0 Å². The minimum atomic E-state index is -0.775. The number of carbonyl (C=O) groups excluding carboxylic acids is 1. The van der Waals surface area contributed by atoms with E-state index in [-0.39, 0.29) is 5.91 Å². The van der Waals surface area contributed by atoms with E-state index in [0.717, 1.165) is 16.7 Å². The largest absolute Gasteiger partial charge is 0.374 e. The number of hydrogen-bond acceptors (Lipinski definition) is 5. The minimum Gasteiger partial charge on any atom is -0.374 e. The molecule has 1 aromatic rings. The van der Waals surface area contributed by atoms with Gasteiger partial charge in [0, 0.05) is 13.1 Å². The van der Waals surface area contributed by atoms with E-state index >= 15 is 0 Å². The van der Waals surface area contributed by atoms with Crippen LogP contribution in [0.25, 0.3) is 0 Å². The minimum absolute atomic E-state index is 0.227. The predicted molar refractivity (Wildman–Crippen MR) is 72.0 cm³/mol. The van der Waals surface area contributed by atoms with Gasteiger partial charge in [-0.05, 0) is 29.5 Å². The molecule has 3 unspecified atom stereocenters. The first-order valence-corrected chi connectivity index (χ1v) is 6.84. The lowest BCUT2D eigenvalue weighted by Crippen LogP contribution is -2.53. The second-order valence-electron chi connectivity index (χ2n) is 5.40. The average molecular weight is 277 g/mol. The number of benzene rings is 1. The maximum Gasteiger partial charge on any atom is 0.239 e. The number of fused-ring (bicyclic) bond motifs is 1. The van der Waals surface area contributed by atoms with Gasteiger partial charge >= 0.3 is 0 Å². The van der Waals surface area contributed by atoms with E-state index in [9.17, 15) is 15.0 Å². The van der Waals surface area contributed by atoms with Crippen LogP contribution in [0.4, 0.5) is 0 Å². The zero-order valence-electron chi connectivity index (χ0n) is 11.1. The van der Waals surface area contributed by atoms with Crippen molar-refractivity contribution >= 4 is 5.91 Å². The Balaban J connectivity index is 1.82. The third-order valence-corrected chi connectivity index (χ3v) is 4.11. The molecule has 1 aromatic carbocycles. The zero-order chi connectivity index (χ0) is 14.3. The lowest BCUT2D eigenvalue weighted by atomic mass is 10.0. The Morgan fingerprint density at radius 2 is 2.15 bits per heavy atom. The molecule has 3 atom stereocenters. The molecule has 108 valence electrons. The molecule has 2 aliphatic heterocycles. The quantitative estimate of drug-likeness (QED) is 0.587. The van der Waals surface area contributed by atoms with E-state index in [1.807, 2.05) is 18.2 Å². The predicted octanol–water partition coefficient (Wildman–Crippen LogP) is -0.451. The van der Waals surface area contributed by atoms with Crippen LogP contribution in [-0.4, -0.2) is 33.3 Å². The molecule has 3 rings (SSSR count). The molecule has 0 saturated carbocycles. The molecular formula is C14H19N3O3. The molecule has 2 heterocycles. The van der Waals surface area contributed by atoms with Crippen LogP contribution in [-0.2, 0) is 17.9 Å². The van der Waals surface area contributed by atoms with Gasteiger partial charge in [0.25, 0.3) is 0 Å². The van der Waals surface area contributed by atoms with Crippen LogP contribution in [0.1, 0.15) is 35.8 Å². The number of nitrogens with one attached hydrogen (secondary N) is 1. The number of piperidine rings is 1. The normalized spacial score (nSPS) is 30.1. The van der Waals surface area contributed by atoms with Crippen LogP contribution >= 0.6 is 0 Å². The van der Waals surface area contributed by atoms with Crippen molar-refractivity contribution in [2.24, 2.45) is 5.73 Å². The standard InChI is InChI=1S/C14H19N3O3/c15-6-8-1-2-10-9(5-8)7-17(14(10)20)11-3-4-12(18)16-13(11)19/h1-2,5,11-12,14,18,20H,3-4,6-7,15H2,(H,16,19). The van der Waals surface area contributed by atoms with Gasteiger partial charge in [-0.25, -0.2) is 0 Å². The Hall–Kier alpha value is -1.47. The molecule has 0 aliphatic carbocycles. The van der Waals surface area contributed by atoms with Gasteiger partial charge < -0.3 is 21.3 Å². The first-order valence-electron chi connectivity index (χ1n) is 6.84. The third kappa shape index (κ3) is 2.20. The first-order chi connectivity index (χ1) is 9.60. The molecule has 0 aromatic heterocycles. The Morgan fingerprint density at radius 3 is 2.85 bits per heavy atom. The van der Waals surface area contributed by atoms with Gasteiger partial charge in [-0.1, -0.05) is 18.2 Å². The van der Waals surface area contributed by atoms with E-state index in [0.29, 0.717) is 25.9 Å². The van der Waals surface area contributed by atoms with Gasteiger partial charge in [0.1, 0.15) is 12.5 Å². The summed E-state index contributed by atoms with van der Waals surface area (Å²) >= 11 is 0. The molecule has 5 N–H and O–H groups in total. The Labute approximate surface area is 117 Å². The van der Waals surface area contributed by atoms with Gasteiger partial charge in [0.05, 0.1) is 6.04 Å². The highest BCUT2D eigenvalue weighted by atomic mass is 16.3. The Kier molecular flexibility index (Phi) is 3.47. The van der Waals surface area contributed by atoms with Crippen molar-refractivity contribution in [1.82, 2.24) is 10.2 Å². The monoisotopic (exact) mass is 277 g/mol. The first kappa shape index (κ1) is 13.5. The highest BCUT2D eigenvalue weighted by molar-refractivity contribution is 5.82. The van der Waals surface area contributed by atoms with Crippen molar-refractivity contribution in [3.8, 4) is 0 Å². The number of rotatable bonds is 2. The topological polar surface area (TPSA) is 98.8 Å². The summed E-state index contributed by atoms with van der Waals surface area (Å²) in [5.74, 6) is -0.227. The van der Waals surface area contributed by atoms with Crippen LogP contribution in [0.2, 0.25) is 0 Å². The summed E-state index contributed by atoms with van der Waals surface area (Å²) in [7, 11) is 0. The molecule has 1 amide bonds. The summed E-state index contributed by atoms with van der Waals surface area (Å²) in [6.45, 7) is 0.984. The van der Waals surface area contributed by atoms with Crippen LogP contribution < -0.4 is 11.1 Å². The van der Waals surface area contributed by atoms with Crippen molar-refractivity contribution in [1.29, 1.82) is 0 Å². The summed E-state index contributed by atoms with van der Waals surface area (Å²) in [6.07, 6.45) is -0.501. The molecule has 6 nitrogen and oxygen atoms in total. The SMILES string of the molecule is NCc1ccc2c(c1)CN(C1CCC(O)NC1=O)C2O. The summed E-state index contributed by atoms with van der Waals surface area (Å²) in [4.78, 5) is 13.7. The van der Waals surface area contributed by atoms with Crippen molar-refractivity contribution in [3.63, 3.8) is 0 Å². The highest BCUT2D eigenvalue weighted by Crippen LogP contribution is 2.35. The number of carbonyl (C=O) groups is 1. The van der Waals surface area contributed by atoms with E-state index in [2.05, 4.69) is 5.32 Å². The number of amides is 1. The maximum atomic E-state index is 12.0. The Bertz CT molecular complexity index is 534. The molecule has 0 spiro atoms. The fraction of sp³-hybridized carbons (Fsp3) is 0.500. The van der Waals surface area contributed by atoms with Crippen LogP contribution in [0.15, 0.2) is 18.2 Å². The fourth-order valence-electron chi connectivity index (χ4n) is 3.01. The summed E-state index contributed by atoms with van der Waals surface area (Å²) in [5, 5.41) is 22.3. The lowest BCUT2D eigenvalue weighted by molar-refractivity contribution is -0.139. The van der Waals surface area contributed by atoms with Crippen LogP contribution in [0, 0.1) is 0 Å². The smallest absolute Gasteiger partial charge is 0.239 e. The fourth-order valence-corrected chi connectivity index (χ4v) is 3.01. The molecule has 0 radical (unpaired) electrons. The van der Waals surface area contributed by atoms with E-state index < -0.39 is 18.5 Å². The van der Waals surface area contributed by atoms with E-state index in [4.69, 9.17) is 5.73 Å². The molecule has 0 bridgehead atoms. The van der Waals surface area contributed by atoms with E-state index in [1.165, 1.54) is 0 Å². The molecule has 6 heteroatoms. The second-order valence-corrected chi connectivity index (χ2v) is 5.40. The number of aliphatic hydroxyl groups is 2. The van der Waals surface area contributed by atoms with Gasteiger partial charge in [0.15, 0.2) is 0 Å². The molecule has 1 saturated heterocycles. The molecule has 20 heavy (non-hydrogen) atoms. The number of aliphatic hydroxyl groups excluding tert-OH is 2. The molecule has 1 fully saturated rings. The number of nitrogens with zero attached hydrogens (tertiary/aromatic N) is 1. The zero-order valence-corrected chi connectivity index (χ0v) is 11.1. The summed E-state index contributed by atoms with van der Waals surface area (Å²) in [6, 6.07) is 5.35. The lowest BCUT2D eigenvalue weighted by Gasteiger charge is -2.34. The summed E-state index contributed by atoms with van der Waals surface area (Å²) in [5.41, 5.74) is 8.49. The van der Waals surface area contributed by atoms with Gasteiger partial charge in [-0.3, -0.25) is 9.69 Å². The number of hydrogen-bond donors (Lipinski definition) is 4. The van der Waals surface area contributed by atoms with Crippen LogP contribution in [0.5, 0.6) is 0 Å². The summed E-state index contributed by atoms with van der Waals surface area (Å²) < 4.78 is 0. The second kappa shape index (κ2) is 5.14. The van der Waals surface area contributed by atoms with Gasteiger partial charge in [-0.2, -0.15) is 0 Å². The van der Waals surface area contributed by atoms with Crippen molar-refractivity contribution in [2.45, 2.75) is 44.4 Å². The van der Waals surface area contributed by atoms with Crippen molar-refractivity contribution in [3.05, 3.63) is 34.9 Å². The van der Waals surface area contributed by atoms with Crippen LogP contribution in [0.3, 0.4) is 0 Å². The molecular weight excluding hydrogens is 258 g/mol. The maximum absolute atomic E-state index is 12.0. The van der Waals surface area contributed by atoms with Gasteiger partial charge in [0.2, 0.25) is 5.91 Å².